The smallest absolute Gasteiger partial charge is 0.0718 e. The molecule has 0 unspecified atom stereocenters. The summed E-state index contributed by atoms with van der Waals surface area (Å²) >= 11 is 0. The monoisotopic (exact) mass is 203 g/mol. The van der Waals surface area contributed by atoms with Gasteiger partial charge in [0.2, 0.25) is 0 Å². The second-order valence-corrected chi connectivity index (χ2v) is 4.21. The van der Waals surface area contributed by atoms with Gasteiger partial charge >= 0.3 is 0 Å². The highest BCUT2D eigenvalue weighted by atomic mass is 16.4. The second kappa shape index (κ2) is 4.47. The van der Waals surface area contributed by atoms with E-state index in [1.807, 2.05) is 12.1 Å². The van der Waals surface area contributed by atoms with Gasteiger partial charge in [-0.05, 0) is 24.3 Å². The van der Waals surface area contributed by atoms with E-state index in [0.29, 0.717) is 11.5 Å². The van der Waals surface area contributed by atoms with E-state index in [0.717, 1.165) is 18.4 Å². The molecule has 1 aromatic carbocycles. The Labute approximate surface area is 89.9 Å². The molecule has 0 heterocycles. The molecule has 0 atom stereocenters. The maximum Gasteiger partial charge on any atom is 0.0718 e. The molecule has 15 heavy (non-hydrogen) atoms. The highest BCUT2D eigenvalue weighted by Gasteiger charge is 2.18. The molecule has 80 valence electrons. The molecule has 1 aliphatic rings. The van der Waals surface area contributed by atoms with Crippen LogP contribution in [-0.2, 0) is 0 Å². The lowest BCUT2D eigenvalue weighted by Crippen LogP contribution is -2.24. The number of hydrogen-bond acceptors (Lipinski definition) is 2. The number of carboxylic acids is 1. The molecule has 1 saturated carbocycles. The summed E-state index contributed by atoms with van der Waals surface area (Å²) in [7, 11) is 0. The Bertz CT molecular complexity index is 351. The Morgan fingerprint density at radius 3 is 2.47 bits per heavy atom. The summed E-state index contributed by atoms with van der Waals surface area (Å²) in [4.78, 5) is 11.0. The predicted octanol–water partition coefficient (Wildman–Crippen LogP) is 2.10. The summed E-state index contributed by atoms with van der Waals surface area (Å²) in [6, 6.07) is 7.26. The Morgan fingerprint density at radius 2 is 1.80 bits per heavy atom. The molecule has 0 amide bonds. The lowest BCUT2D eigenvalue weighted by atomic mass is 9.82. The number of carboxylic acid groups (broad SMARTS) is 1. The zero-order valence-electron chi connectivity index (χ0n) is 8.74. The largest absolute Gasteiger partial charge is 0.545 e. The molecule has 1 aliphatic carbocycles. The third kappa shape index (κ3) is 2.20. The van der Waals surface area contributed by atoms with Gasteiger partial charge in [0.05, 0.1) is 5.97 Å². The van der Waals surface area contributed by atoms with Gasteiger partial charge in [-0.3, -0.25) is 0 Å². The Balaban J connectivity index is 2.29. The van der Waals surface area contributed by atoms with E-state index in [2.05, 4.69) is 0 Å². The summed E-state index contributed by atoms with van der Waals surface area (Å²) in [5, 5.41) is 11.0. The lowest BCUT2D eigenvalue weighted by Gasteiger charge is -2.24. The van der Waals surface area contributed by atoms with Crippen molar-refractivity contribution in [3.05, 3.63) is 35.4 Å². The fraction of sp³-hybridized carbons (Fsp3) is 0.462. The maximum atomic E-state index is 11.0. The molecule has 1 fully saturated rings. The minimum atomic E-state index is -1.05. The van der Waals surface area contributed by atoms with Crippen molar-refractivity contribution < 1.29 is 9.90 Å². The standard InChI is InChI=1S/C13H16O2/c14-13(15)12-9-5-4-8-11(12)10-6-2-1-3-7-10/h4-5,8-10H,1-3,6-7H2,(H,14,15)/p-1. The first-order valence-corrected chi connectivity index (χ1v) is 5.59. The van der Waals surface area contributed by atoms with Gasteiger partial charge in [-0.25, -0.2) is 0 Å². The third-order valence-electron chi connectivity index (χ3n) is 3.23. The van der Waals surface area contributed by atoms with Crippen LogP contribution in [0.25, 0.3) is 0 Å². The fourth-order valence-electron chi connectivity index (χ4n) is 2.45. The first-order valence-electron chi connectivity index (χ1n) is 5.59. The molecule has 0 aliphatic heterocycles. The lowest BCUT2D eigenvalue weighted by molar-refractivity contribution is -0.255. The average Bonchev–Trinajstić information content (AvgIpc) is 2.30. The molecule has 0 aromatic heterocycles. The first kappa shape index (κ1) is 10.2. The van der Waals surface area contributed by atoms with Gasteiger partial charge in [-0.15, -0.1) is 0 Å². The van der Waals surface area contributed by atoms with Gasteiger partial charge in [0, 0.05) is 5.56 Å². The Morgan fingerprint density at radius 1 is 1.13 bits per heavy atom. The number of carbonyl (C=O) groups is 1. The van der Waals surface area contributed by atoms with Gasteiger partial charge < -0.3 is 9.90 Å². The van der Waals surface area contributed by atoms with Gasteiger partial charge in [0.15, 0.2) is 0 Å². The molecule has 0 N–H and O–H groups in total. The van der Waals surface area contributed by atoms with Crippen LogP contribution in [0.3, 0.4) is 0 Å². The van der Waals surface area contributed by atoms with Crippen molar-refractivity contribution in [2.24, 2.45) is 0 Å². The van der Waals surface area contributed by atoms with Gasteiger partial charge in [0.25, 0.3) is 0 Å². The zero-order chi connectivity index (χ0) is 10.7. The molecular formula is C13H15O2-. The SMILES string of the molecule is O=C([O-])c1ccccc1C1CCCCC1. The molecule has 1 aromatic rings. The molecule has 0 saturated heterocycles. The minimum Gasteiger partial charge on any atom is -0.545 e. The van der Waals surface area contributed by atoms with Crippen LogP contribution in [0.5, 0.6) is 0 Å². The quantitative estimate of drug-likeness (QED) is 0.738. The molecule has 2 heteroatoms. The van der Waals surface area contributed by atoms with Crippen LogP contribution in [0.4, 0.5) is 0 Å². The van der Waals surface area contributed by atoms with Crippen LogP contribution in [0, 0.1) is 0 Å². The van der Waals surface area contributed by atoms with E-state index < -0.39 is 5.97 Å². The zero-order valence-corrected chi connectivity index (χ0v) is 8.74. The minimum absolute atomic E-state index is 0.379. The third-order valence-corrected chi connectivity index (χ3v) is 3.23. The normalized spacial score (nSPS) is 17.6. The van der Waals surface area contributed by atoms with Crippen molar-refractivity contribution in [3.63, 3.8) is 0 Å². The first-order chi connectivity index (χ1) is 7.29. The average molecular weight is 203 g/mol. The molecule has 2 rings (SSSR count). The number of rotatable bonds is 2. The maximum absolute atomic E-state index is 11.0. The van der Waals surface area contributed by atoms with Crippen LogP contribution < -0.4 is 5.11 Å². The summed E-state index contributed by atoms with van der Waals surface area (Å²) in [5.74, 6) is -0.621. The number of aromatic carboxylic acids is 1. The number of hydrogen-bond donors (Lipinski definition) is 0. The highest BCUT2D eigenvalue weighted by Crippen LogP contribution is 2.34. The summed E-state index contributed by atoms with van der Waals surface area (Å²) < 4.78 is 0. The van der Waals surface area contributed by atoms with Crippen LogP contribution in [-0.4, -0.2) is 5.97 Å². The van der Waals surface area contributed by atoms with E-state index in [-0.39, 0.29) is 0 Å². The van der Waals surface area contributed by atoms with Crippen molar-refractivity contribution in [2.75, 3.05) is 0 Å². The fourth-order valence-corrected chi connectivity index (χ4v) is 2.45. The number of carbonyl (C=O) groups excluding carboxylic acids is 1. The van der Waals surface area contributed by atoms with E-state index in [9.17, 15) is 9.90 Å². The molecule has 0 radical (unpaired) electrons. The van der Waals surface area contributed by atoms with Gasteiger partial charge in [-0.2, -0.15) is 0 Å². The summed E-state index contributed by atoms with van der Waals surface area (Å²) in [5.41, 5.74) is 1.35. The number of benzene rings is 1. The highest BCUT2D eigenvalue weighted by molar-refractivity contribution is 5.87. The van der Waals surface area contributed by atoms with E-state index in [1.165, 1.54) is 19.3 Å². The molecule has 0 spiro atoms. The van der Waals surface area contributed by atoms with Crippen LogP contribution in [0.15, 0.2) is 24.3 Å². The Hall–Kier alpha value is -1.31. The van der Waals surface area contributed by atoms with E-state index in [4.69, 9.17) is 0 Å². The van der Waals surface area contributed by atoms with Gasteiger partial charge in [-0.1, -0.05) is 43.5 Å². The van der Waals surface area contributed by atoms with Crippen molar-refractivity contribution in [3.8, 4) is 0 Å². The van der Waals surface area contributed by atoms with Crippen molar-refractivity contribution in [1.82, 2.24) is 0 Å². The topological polar surface area (TPSA) is 40.1 Å². The predicted molar refractivity (Wildman–Crippen MR) is 56.6 cm³/mol. The van der Waals surface area contributed by atoms with Crippen molar-refractivity contribution in [2.45, 2.75) is 38.0 Å². The van der Waals surface area contributed by atoms with Crippen LogP contribution in [0.2, 0.25) is 0 Å². The van der Waals surface area contributed by atoms with Crippen molar-refractivity contribution >= 4 is 5.97 Å². The molecule has 2 nitrogen and oxygen atoms in total. The Kier molecular flexibility index (Phi) is 3.05. The molecular weight excluding hydrogens is 188 g/mol. The van der Waals surface area contributed by atoms with E-state index in [1.54, 1.807) is 12.1 Å². The molecule has 0 bridgehead atoms. The second-order valence-electron chi connectivity index (χ2n) is 4.21. The summed E-state index contributed by atoms with van der Waals surface area (Å²) in [6.07, 6.45) is 5.94. The van der Waals surface area contributed by atoms with Crippen LogP contribution >= 0.6 is 0 Å². The van der Waals surface area contributed by atoms with Crippen molar-refractivity contribution in [1.29, 1.82) is 0 Å². The van der Waals surface area contributed by atoms with E-state index >= 15 is 0 Å². The van der Waals surface area contributed by atoms with Gasteiger partial charge in [0.1, 0.15) is 0 Å². The van der Waals surface area contributed by atoms with Crippen LogP contribution in [0.1, 0.15) is 53.9 Å². The summed E-state index contributed by atoms with van der Waals surface area (Å²) in [6.45, 7) is 0.